The van der Waals surface area contributed by atoms with Gasteiger partial charge in [0.2, 0.25) is 5.88 Å². The minimum atomic E-state index is -0.193. The van der Waals surface area contributed by atoms with Crippen LogP contribution in [0.3, 0.4) is 0 Å². The lowest BCUT2D eigenvalue weighted by atomic mass is 9.86. The van der Waals surface area contributed by atoms with Gasteiger partial charge in [-0.15, -0.1) is 0 Å². The molecule has 1 aliphatic carbocycles. The first kappa shape index (κ1) is 15.3. The van der Waals surface area contributed by atoms with Crippen LogP contribution in [0.15, 0.2) is 18.3 Å². The second-order valence-electron chi connectivity index (χ2n) is 5.11. The average Bonchev–Trinajstić information content (AvgIpc) is 2.54. The number of carbonyl (C=O) groups is 2. The molecule has 0 saturated heterocycles. The molecule has 114 valence electrons. The van der Waals surface area contributed by atoms with Gasteiger partial charge in [-0.2, -0.15) is 0 Å². The van der Waals surface area contributed by atoms with Crippen molar-refractivity contribution in [3.8, 4) is 5.88 Å². The molecule has 1 aliphatic rings. The predicted octanol–water partition coefficient (Wildman–Crippen LogP) is 1.55. The third-order valence-corrected chi connectivity index (χ3v) is 3.81. The number of nitrogens with one attached hydrogen (secondary N) is 1. The van der Waals surface area contributed by atoms with Gasteiger partial charge in [-0.05, 0) is 37.8 Å². The summed E-state index contributed by atoms with van der Waals surface area (Å²) in [5.74, 6) is -0.0792. The Kier molecular flexibility index (Phi) is 5.14. The molecule has 1 aromatic heterocycles. The van der Waals surface area contributed by atoms with E-state index in [1.54, 1.807) is 18.3 Å². The highest BCUT2D eigenvalue weighted by molar-refractivity contribution is 5.96. The van der Waals surface area contributed by atoms with Crippen molar-refractivity contribution < 1.29 is 19.1 Å². The van der Waals surface area contributed by atoms with E-state index in [2.05, 4.69) is 10.3 Å². The number of carbonyl (C=O) groups excluding carboxylic acids is 2. The Labute approximate surface area is 123 Å². The van der Waals surface area contributed by atoms with E-state index in [0.29, 0.717) is 11.4 Å². The molecular weight excluding hydrogens is 272 g/mol. The van der Waals surface area contributed by atoms with Gasteiger partial charge in [0.05, 0.1) is 20.1 Å². The summed E-state index contributed by atoms with van der Waals surface area (Å²) in [5.41, 5.74) is 0.426. The number of amides is 1. The number of hydrogen-bond donors (Lipinski definition) is 1. The molecule has 1 fully saturated rings. The average molecular weight is 292 g/mol. The predicted molar refractivity (Wildman–Crippen MR) is 76.0 cm³/mol. The Morgan fingerprint density at radius 2 is 1.95 bits per heavy atom. The van der Waals surface area contributed by atoms with E-state index in [1.807, 2.05) is 0 Å². The van der Waals surface area contributed by atoms with Crippen LogP contribution in [-0.4, -0.2) is 37.1 Å². The largest absolute Gasteiger partial charge is 0.480 e. The number of ether oxygens (including phenoxy) is 2. The van der Waals surface area contributed by atoms with Crippen LogP contribution in [0.25, 0.3) is 0 Å². The highest BCUT2D eigenvalue weighted by atomic mass is 16.5. The van der Waals surface area contributed by atoms with Gasteiger partial charge >= 0.3 is 5.97 Å². The Balaban J connectivity index is 1.91. The summed E-state index contributed by atoms with van der Waals surface area (Å²) in [5, 5.41) is 2.98. The summed E-state index contributed by atoms with van der Waals surface area (Å²) in [6.07, 6.45) is 4.60. The lowest BCUT2D eigenvalue weighted by Crippen LogP contribution is -2.39. The normalized spacial score (nSPS) is 21.4. The SMILES string of the molecule is COC(=O)C1CCC(NC(=O)c2cccnc2OC)CC1. The zero-order valence-electron chi connectivity index (χ0n) is 12.3. The standard InChI is InChI=1S/C15H20N2O4/c1-20-14-12(4-3-9-16-14)13(18)17-11-7-5-10(6-8-11)15(19)21-2/h3-4,9-11H,5-8H2,1-2H3,(H,17,18). The van der Waals surface area contributed by atoms with Crippen molar-refractivity contribution in [2.75, 3.05) is 14.2 Å². The molecular formula is C15H20N2O4. The van der Waals surface area contributed by atoms with Crippen LogP contribution < -0.4 is 10.1 Å². The number of methoxy groups -OCH3 is 2. The molecule has 1 heterocycles. The summed E-state index contributed by atoms with van der Waals surface area (Å²) in [7, 11) is 2.89. The van der Waals surface area contributed by atoms with Gasteiger partial charge in [0, 0.05) is 12.2 Å². The Hall–Kier alpha value is -2.11. The molecule has 6 heteroatoms. The number of rotatable bonds is 4. The Morgan fingerprint density at radius 1 is 1.24 bits per heavy atom. The molecule has 0 atom stereocenters. The summed E-state index contributed by atoms with van der Waals surface area (Å²) in [6.45, 7) is 0. The first-order valence-corrected chi connectivity index (χ1v) is 7.03. The maximum absolute atomic E-state index is 12.2. The van der Waals surface area contributed by atoms with Gasteiger partial charge in [-0.25, -0.2) is 4.98 Å². The number of nitrogens with zero attached hydrogens (tertiary/aromatic N) is 1. The summed E-state index contributed by atoms with van der Waals surface area (Å²) >= 11 is 0. The molecule has 0 unspecified atom stereocenters. The van der Waals surface area contributed by atoms with Crippen molar-refractivity contribution in [2.45, 2.75) is 31.7 Å². The van der Waals surface area contributed by atoms with Gasteiger partial charge in [0.15, 0.2) is 0 Å². The third-order valence-electron chi connectivity index (χ3n) is 3.81. The van der Waals surface area contributed by atoms with Crippen molar-refractivity contribution in [3.05, 3.63) is 23.9 Å². The Bertz CT molecular complexity index is 510. The third kappa shape index (κ3) is 3.71. The molecule has 2 rings (SSSR count). The number of hydrogen-bond acceptors (Lipinski definition) is 5. The minimum Gasteiger partial charge on any atom is -0.480 e. The molecule has 21 heavy (non-hydrogen) atoms. The lowest BCUT2D eigenvalue weighted by Gasteiger charge is -2.27. The second-order valence-corrected chi connectivity index (χ2v) is 5.11. The van der Waals surface area contributed by atoms with Crippen LogP contribution >= 0.6 is 0 Å². The summed E-state index contributed by atoms with van der Waals surface area (Å²) in [4.78, 5) is 27.7. The van der Waals surface area contributed by atoms with Gasteiger partial charge in [-0.1, -0.05) is 0 Å². The fourth-order valence-electron chi connectivity index (χ4n) is 2.63. The Morgan fingerprint density at radius 3 is 2.57 bits per heavy atom. The highest BCUT2D eigenvalue weighted by Gasteiger charge is 2.28. The van der Waals surface area contributed by atoms with Crippen LogP contribution in [0, 0.1) is 5.92 Å². The summed E-state index contributed by atoms with van der Waals surface area (Å²) < 4.78 is 9.84. The molecule has 1 amide bonds. The molecule has 1 saturated carbocycles. The smallest absolute Gasteiger partial charge is 0.308 e. The lowest BCUT2D eigenvalue weighted by molar-refractivity contribution is -0.146. The van der Waals surface area contributed by atoms with Crippen molar-refractivity contribution in [1.82, 2.24) is 10.3 Å². The van der Waals surface area contributed by atoms with E-state index >= 15 is 0 Å². The number of pyridine rings is 1. The first-order valence-electron chi connectivity index (χ1n) is 7.03. The zero-order valence-corrected chi connectivity index (χ0v) is 12.3. The molecule has 0 radical (unpaired) electrons. The van der Waals surface area contributed by atoms with Crippen molar-refractivity contribution in [1.29, 1.82) is 0 Å². The highest BCUT2D eigenvalue weighted by Crippen LogP contribution is 2.25. The van der Waals surface area contributed by atoms with E-state index in [1.165, 1.54) is 14.2 Å². The quantitative estimate of drug-likeness (QED) is 0.852. The van der Waals surface area contributed by atoms with Crippen molar-refractivity contribution in [2.24, 2.45) is 5.92 Å². The van der Waals surface area contributed by atoms with E-state index < -0.39 is 0 Å². The molecule has 1 aromatic rings. The fourth-order valence-corrected chi connectivity index (χ4v) is 2.63. The van der Waals surface area contributed by atoms with Crippen LogP contribution in [-0.2, 0) is 9.53 Å². The number of aromatic nitrogens is 1. The summed E-state index contributed by atoms with van der Waals surface area (Å²) in [6, 6.07) is 3.45. The van der Waals surface area contributed by atoms with Crippen LogP contribution in [0.5, 0.6) is 5.88 Å². The van der Waals surface area contributed by atoms with Crippen LogP contribution in [0.2, 0.25) is 0 Å². The fraction of sp³-hybridized carbons (Fsp3) is 0.533. The molecule has 0 bridgehead atoms. The van der Waals surface area contributed by atoms with Gasteiger partial charge < -0.3 is 14.8 Å². The molecule has 0 aliphatic heterocycles. The van der Waals surface area contributed by atoms with Crippen molar-refractivity contribution >= 4 is 11.9 Å². The number of esters is 1. The van der Waals surface area contributed by atoms with E-state index in [-0.39, 0.29) is 23.8 Å². The van der Waals surface area contributed by atoms with Crippen molar-refractivity contribution in [3.63, 3.8) is 0 Å². The monoisotopic (exact) mass is 292 g/mol. The first-order chi connectivity index (χ1) is 10.2. The molecule has 1 N–H and O–H groups in total. The topological polar surface area (TPSA) is 77.5 Å². The maximum atomic E-state index is 12.2. The van der Waals surface area contributed by atoms with E-state index in [9.17, 15) is 9.59 Å². The van der Waals surface area contributed by atoms with Crippen LogP contribution in [0.4, 0.5) is 0 Å². The van der Waals surface area contributed by atoms with Gasteiger partial charge in [0.25, 0.3) is 5.91 Å². The van der Waals surface area contributed by atoms with Crippen LogP contribution in [0.1, 0.15) is 36.0 Å². The molecule has 6 nitrogen and oxygen atoms in total. The van der Waals surface area contributed by atoms with Gasteiger partial charge in [0.1, 0.15) is 5.56 Å². The minimum absolute atomic E-state index is 0.0453. The second kappa shape index (κ2) is 7.06. The maximum Gasteiger partial charge on any atom is 0.308 e. The van der Waals surface area contributed by atoms with E-state index in [4.69, 9.17) is 9.47 Å². The zero-order chi connectivity index (χ0) is 15.2. The van der Waals surface area contributed by atoms with E-state index in [0.717, 1.165) is 25.7 Å². The molecule has 0 spiro atoms. The molecule has 0 aromatic carbocycles. The van der Waals surface area contributed by atoms with Gasteiger partial charge in [-0.3, -0.25) is 9.59 Å².